The number of fused-ring (bicyclic) bond motifs is 1. The lowest BCUT2D eigenvalue weighted by Gasteiger charge is -2.49. The van der Waals surface area contributed by atoms with Crippen molar-refractivity contribution < 1.29 is 29.1 Å². The van der Waals surface area contributed by atoms with Crippen LogP contribution in [0.5, 0.6) is 0 Å². The molecule has 0 radical (unpaired) electrons. The number of amides is 2. The number of thioether (sulfide) groups is 2. The molecule has 2 aromatic rings. The SMILES string of the molecule is CCOCCON=C(C(=O)NC1C(=O)N2C(C(=O)O)=C(CSc3nncs3)CS[C@@H]12)c1csc(N)n1. The molecule has 1 fully saturated rings. The van der Waals surface area contributed by atoms with Crippen molar-refractivity contribution in [1.29, 1.82) is 0 Å². The summed E-state index contributed by atoms with van der Waals surface area (Å²) in [7, 11) is 0. The molecule has 17 heteroatoms. The highest BCUT2D eigenvalue weighted by Crippen LogP contribution is 2.41. The van der Waals surface area contributed by atoms with Gasteiger partial charge in [-0.3, -0.25) is 14.5 Å². The molecule has 4 rings (SSSR count). The van der Waals surface area contributed by atoms with Crippen molar-refractivity contribution in [3.05, 3.63) is 27.9 Å². The van der Waals surface area contributed by atoms with E-state index >= 15 is 0 Å². The number of thiazole rings is 1. The van der Waals surface area contributed by atoms with E-state index in [-0.39, 0.29) is 35.4 Å². The molecule has 2 amide bonds. The first kappa shape index (κ1) is 26.3. The van der Waals surface area contributed by atoms with Crippen molar-refractivity contribution in [2.75, 3.05) is 37.1 Å². The van der Waals surface area contributed by atoms with Crippen LogP contribution in [0, 0.1) is 0 Å². The standard InChI is InChI=1S/C19H21N7O6S4/c1-2-31-3-4-32-25-11(10-7-34-18(20)22-10)14(27)23-12-15(28)26-13(17(29)30)9(5-33-16(12)26)6-35-19-24-21-8-36-19/h7-8,12,16H,2-6H2,1H3,(H2,20,22)(H,23,27)(H,29,30)/t12?,16-/m0/s1. The van der Waals surface area contributed by atoms with E-state index in [1.807, 2.05) is 6.92 Å². The molecule has 36 heavy (non-hydrogen) atoms. The molecule has 0 saturated carbocycles. The van der Waals surface area contributed by atoms with E-state index in [1.165, 1.54) is 39.8 Å². The lowest BCUT2D eigenvalue weighted by Crippen LogP contribution is -2.71. The quantitative estimate of drug-likeness (QED) is 0.108. The van der Waals surface area contributed by atoms with Crippen LogP contribution in [0.4, 0.5) is 5.13 Å². The Bertz CT molecular complexity index is 1180. The minimum Gasteiger partial charge on any atom is -0.477 e. The summed E-state index contributed by atoms with van der Waals surface area (Å²) in [4.78, 5) is 48.6. The molecule has 2 aromatic heterocycles. The molecule has 0 aliphatic carbocycles. The molecular formula is C19H21N7O6S4. The van der Waals surface area contributed by atoms with Crippen LogP contribution in [0.15, 0.2) is 31.7 Å². The molecule has 0 bridgehead atoms. The van der Waals surface area contributed by atoms with Crippen LogP contribution in [0.2, 0.25) is 0 Å². The van der Waals surface area contributed by atoms with Crippen LogP contribution >= 0.6 is 46.2 Å². The number of anilines is 1. The summed E-state index contributed by atoms with van der Waals surface area (Å²) in [6, 6.07) is -0.932. The lowest BCUT2D eigenvalue weighted by molar-refractivity contribution is -0.150. The molecule has 1 saturated heterocycles. The van der Waals surface area contributed by atoms with E-state index in [2.05, 4.69) is 25.7 Å². The number of nitrogens with one attached hydrogen (secondary N) is 1. The Morgan fingerprint density at radius 2 is 2.22 bits per heavy atom. The van der Waals surface area contributed by atoms with E-state index in [0.29, 0.717) is 28.0 Å². The average molecular weight is 572 g/mol. The summed E-state index contributed by atoms with van der Waals surface area (Å²) < 4.78 is 5.89. The van der Waals surface area contributed by atoms with Crippen LogP contribution in [-0.2, 0) is 24.0 Å². The number of nitrogens with zero attached hydrogens (tertiary/aromatic N) is 5. The van der Waals surface area contributed by atoms with E-state index in [9.17, 15) is 19.5 Å². The Morgan fingerprint density at radius 3 is 2.89 bits per heavy atom. The minimum atomic E-state index is -1.20. The number of aromatic nitrogens is 3. The zero-order chi connectivity index (χ0) is 25.7. The minimum absolute atomic E-state index is 0.0633. The third-order valence-corrected chi connectivity index (χ3v) is 8.87. The average Bonchev–Trinajstić information content (AvgIpc) is 3.54. The van der Waals surface area contributed by atoms with Crippen molar-refractivity contribution in [3.63, 3.8) is 0 Å². The molecule has 2 atom stereocenters. The zero-order valence-corrected chi connectivity index (χ0v) is 22.0. The number of hydrogen-bond donors (Lipinski definition) is 3. The van der Waals surface area contributed by atoms with Gasteiger partial charge < -0.3 is 25.7 Å². The maximum absolute atomic E-state index is 13.1. The molecule has 0 aromatic carbocycles. The molecule has 2 aliphatic heterocycles. The number of nitrogen functional groups attached to an aromatic ring is 1. The van der Waals surface area contributed by atoms with Crippen LogP contribution in [0.25, 0.3) is 0 Å². The van der Waals surface area contributed by atoms with Gasteiger partial charge >= 0.3 is 5.97 Å². The molecule has 4 heterocycles. The number of oxime groups is 1. The molecule has 192 valence electrons. The highest BCUT2D eigenvalue weighted by molar-refractivity contribution is 8.01. The number of carbonyl (C=O) groups is 3. The summed E-state index contributed by atoms with van der Waals surface area (Å²) >= 11 is 5.21. The second-order valence-electron chi connectivity index (χ2n) is 7.15. The largest absolute Gasteiger partial charge is 0.477 e. The van der Waals surface area contributed by atoms with E-state index in [4.69, 9.17) is 15.3 Å². The van der Waals surface area contributed by atoms with Crippen LogP contribution < -0.4 is 11.1 Å². The summed E-state index contributed by atoms with van der Waals surface area (Å²) in [6.45, 7) is 2.75. The van der Waals surface area contributed by atoms with E-state index < -0.39 is 29.2 Å². The normalized spacial score (nSPS) is 19.6. The van der Waals surface area contributed by atoms with E-state index in [0.717, 1.165) is 11.3 Å². The van der Waals surface area contributed by atoms with Crippen molar-refractivity contribution in [1.82, 2.24) is 25.4 Å². The number of carboxylic acid groups (broad SMARTS) is 1. The van der Waals surface area contributed by atoms with Gasteiger partial charge in [0.2, 0.25) is 0 Å². The van der Waals surface area contributed by atoms with Crippen LogP contribution in [-0.4, -0.2) is 91.4 Å². The van der Waals surface area contributed by atoms with Gasteiger partial charge in [0.15, 0.2) is 15.2 Å². The molecule has 0 spiro atoms. The van der Waals surface area contributed by atoms with Crippen LogP contribution in [0.1, 0.15) is 12.6 Å². The third kappa shape index (κ3) is 5.80. The smallest absolute Gasteiger partial charge is 0.352 e. The number of aliphatic carboxylic acids is 1. The molecule has 13 nitrogen and oxygen atoms in total. The third-order valence-electron chi connectivity index (χ3n) is 4.90. The fraction of sp³-hybridized carbons (Fsp3) is 0.421. The van der Waals surface area contributed by atoms with Gasteiger partial charge in [-0.15, -0.1) is 33.3 Å². The first-order valence-corrected chi connectivity index (χ1v) is 14.3. The van der Waals surface area contributed by atoms with Gasteiger partial charge in [0.1, 0.15) is 34.9 Å². The highest BCUT2D eigenvalue weighted by atomic mass is 32.2. The van der Waals surface area contributed by atoms with Gasteiger partial charge in [-0.25, -0.2) is 9.78 Å². The Kier molecular flexibility index (Phi) is 8.78. The number of hydrogen-bond acceptors (Lipinski definition) is 14. The second-order valence-corrected chi connectivity index (χ2v) is 11.2. The molecule has 2 aliphatic rings. The number of carbonyl (C=O) groups excluding carboxylic acids is 2. The second kappa shape index (κ2) is 12.0. The fourth-order valence-corrected chi connectivity index (χ4v) is 6.85. The predicted molar refractivity (Wildman–Crippen MR) is 136 cm³/mol. The fourth-order valence-electron chi connectivity index (χ4n) is 3.33. The Hall–Kier alpha value is -2.73. The first-order valence-electron chi connectivity index (χ1n) is 10.5. The van der Waals surface area contributed by atoms with Gasteiger partial charge in [-0.2, -0.15) is 0 Å². The Labute approximate surface area is 221 Å². The Morgan fingerprint density at radius 1 is 1.39 bits per heavy atom. The monoisotopic (exact) mass is 571 g/mol. The summed E-state index contributed by atoms with van der Waals surface area (Å²) in [5.41, 5.74) is 7.89. The maximum atomic E-state index is 13.1. The van der Waals surface area contributed by atoms with Crippen molar-refractivity contribution in [2.24, 2.45) is 5.16 Å². The van der Waals surface area contributed by atoms with Gasteiger partial charge in [0, 0.05) is 23.5 Å². The number of ether oxygens (including phenoxy) is 1. The molecule has 4 N–H and O–H groups in total. The Balaban J connectivity index is 1.46. The number of rotatable bonds is 12. The lowest BCUT2D eigenvalue weighted by atomic mass is 10.0. The first-order chi connectivity index (χ1) is 17.4. The number of β-lactam (4-membered cyclic amide) rings is 1. The topological polar surface area (TPSA) is 182 Å². The van der Waals surface area contributed by atoms with Gasteiger partial charge in [-0.1, -0.05) is 28.3 Å². The van der Waals surface area contributed by atoms with Crippen molar-refractivity contribution >= 4 is 74.8 Å². The van der Waals surface area contributed by atoms with Crippen molar-refractivity contribution in [3.8, 4) is 0 Å². The number of nitrogens with two attached hydrogens (primary N) is 1. The summed E-state index contributed by atoms with van der Waals surface area (Å²) in [5, 5.41) is 25.3. The molecular weight excluding hydrogens is 551 g/mol. The summed E-state index contributed by atoms with van der Waals surface area (Å²) in [6.07, 6.45) is 0. The molecule has 1 unspecified atom stereocenters. The van der Waals surface area contributed by atoms with Gasteiger partial charge in [-0.05, 0) is 12.5 Å². The summed E-state index contributed by atoms with van der Waals surface area (Å²) in [5.74, 6) is -1.66. The van der Waals surface area contributed by atoms with Gasteiger partial charge in [0.25, 0.3) is 11.8 Å². The van der Waals surface area contributed by atoms with Crippen LogP contribution in [0.3, 0.4) is 0 Å². The van der Waals surface area contributed by atoms with E-state index in [1.54, 1.807) is 10.9 Å². The number of carboxylic acids is 1. The van der Waals surface area contributed by atoms with Crippen molar-refractivity contribution in [2.45, 2.75) is 22.7 Å². The van der Waals surface area contributed by atoms with Gasteiger partial charge in [0.05, 0.1) is 6.61 Å². The maximum Gasteiger partial charge on any atom is 0.352 e. The zero-order valence-electron chi connectivity index (χ0n) is 18.8. The highest BCUT2D eigenvalue weighted by Gasteiger charge is 2.54. The predicted octanol–water partition coefficient (Wildman–Crippen LogP) is 0.865.